The number of alkyl halides is 1. The molecular weight excluding hydrogens is 222 g/mol. The molecule has 2 nitrogen and oxygen atoms in total. The van der Waals surface area contributed by atoms with Crippen LogP contribution in [0.2, 0.25) is 0 Å². The van der Waals surface area contributed by atoms with E-state index < -0.39 is 0 Å². The summed E-state index contributed by atoms with van der Waals surface area (Å²) in [7, 11) is 0. The van der Waals surface area contributed by atoms with Gasteiger partial charge >= 0.3 is 0 Å². The Labute approximate surface area is 101 Å². The number of rotatable bonds is 2. The molecule has 1 aliphatic rings. The Hall–Kier alpha value is -1.02. The zero-order chi connectivity index (χ0) is 11.5. The first kappa shape index (κ1) is 11.5. The van der Waals surface area contributed by atoms with Crippen LogP contribution >= 0.6 is 11.6 Å². The molecule has 16 heavy (non-hydrogen) atoms. The summed E-state index contributed by atoms with van der Waals surface area (Å²) in [4.78, 5) is 13.8. The average Bonchev–Trinajstić information content (AvgIpc) is 2.36. The summed E-state index contributed by atoms with van der Waals surface area (Å²) in [5, 5.41) is -0.370. The minimum Gasteiger partial charge on any atom is -0.337 e. The van der Waals surface area contributed by atoms with Gasteiger partial charge in [0.2, 0.25) is 5.91 Å². The van der Waals surface area contributed by atoms with E-state index in [0.717, 1.165) is 13.0 Å². The van der Waals surface area contributed by atoms with E-state index in [4.69, 9.17) is 11.6 Å². The van der Waals surface area contributed by atoms with Crippen LogP contribution in [0.25, 0.3) is 0 Å². The molecule has 1 amide bonds. The van der Waals surface area contributed by atoms with Crippen LogP contribution in [0.3, 0.4) is 0 Å². The molecule has 2 rings (SSSR count). The number of carbonyl (C=O) groups is 1. The fourth-order valence-electron chi connectivity index (χ4n) is 2.06. The third kappa shape index (κ3) is 2.22. The molecule has 1 aromatic carbocycles. The molecule has 0 spiro atoms. The second-order valence-electron chi connectivity index (χ2n) is 4.15. The summed E-state index contributed by atoms with van der Waals surface area (Å²) in [6, 6.07) is 8.29. The van der Waals surface area contributed by atoms with Crippen LogP contribution in [-0.4, -0.2) is 22.7 Å². The maximum atomic E-state index is 11.9. The molecule has 0 unspecified atom stereocenters. The van der Waals surface area contributed by atoms with E-state index in [1.807, 2.05) is 24.0 Å². The van der Waals surface area contributed by atoms with Gasteiger partial charge in [-0.2, -0.15) is 0 Å². The number of hydrogen-bond donors (Lipinski definition) is 0. The molecule has 0 aromatic heterocycles. The lowest BCUT2D eigenvalue weighted by Crippen LogP contribution is -2.40. The molecule has 3 heteroatoms. The van der Waals surface area contributed by atoms with Crippen molar-refractivity contribution in [3.63, 3.8) is 0 Å². The monoisotopic (exact) mass is 237 g/mol. The molecule has 0 radical (unpaired) electrons. The number of benzene rings is 1. The van der Waals surface area contributed by atoms with Crippen LogP contribution in [0, 0.1) is 0 Å². The van der Waals surface area contributed by atoms with Crippen molar-refractivity contribution in [1.29, 1.82) is 0 Å². The van der Waals surface area contributed by atoms with Crippen molar-refractivity contribution in [1.82, 2.24) is 4.90 Å². The van der Waals surface area contributed by atoms with E-state index in [0.29, 0.717) is 13.0 Å². The van der Waals surface area contributed by atoms with E-state index in [1.165, 1.54) is 11.1 Å². The van der Waals surface area contributed by atoms with Gasteiger partial charge in [0.1, 0.15) is 5.38 Å². The number of fused-ring (bicyclic) bond motifs is 1. The number of carbonyl (C=O) groups excluding carboxylic acids is 1. The maximum absolute atomic E-state index is 11.9. The van der Waals surface area contributed by atoms with Crippen molar-refractivity contribution < 1.29 is 4.79 Å². The highest BCUT2D eigenvalue weighted by Gasteiger charge is 2.24. The standard InChI is InChI=1S/C13H16ClNO/c1-2-12(14)13(16)15-8-7-10-5-3-4-6-11(10)9-15/h3-6,12H,2,7-9H2,1H3/t12-/m1/s1. The van der Waals surface area contributed by atoms with Crippen LogP contribution in [-0.2, 0) is 17.8 Å². The lowest BCUT2D eigenvalue weighted by Gasteiger charge is -2.30. The quantitative estimate of drug-likeness (QED) is 0.724. The van der Waals surface area contributed by atoms with Crippen molar-refractivity contribution >= 4 is 17.5 Å². The number of amides is 1. The number of halogens is 1. The maximum Gasteiger partial charge on any atom is 0.240 e. The highest BCUT2D eigenvalue weighted by atomic mass is 35.5. The zero-order valence-corrected chi connectivity index (χ0v) is 10.2. The van der Waals surface area contributed by atoms with Gasteiger partial charge in [-0.1, -0.05) is 31.2 Å². The number of hydrogen-bond acceptors (Lipinski definition) is 1. The molecule has 0 saturated heterocycles. The van der Waals surface area contributed by atoms with Crippen molar-refractivity contribution in [3.05, 3.63) is 35.4 Å². The lowest BCUT2D eigenvalue weighted by atomic mass is 9.99. The zero-order valence-electron chi connectivity index (χ0n) is 9.45. The fraction of sp³-hybridized carbons (Fsp3) is 0.462. The molecule has 1 aliphatic heterocycles. The smallest absolute Gasteiger partial charge is 0.240 e. The second-order valence-corrected chi connectivity index (χ2v) is 4.68. The Kier molecular flexibility index (Phi) is 3.49. The van der Waals surface area contributed by atoms with E-state index in [1.54, 1.807) is 0 Å². The molecule has 0 aliphatic carbocycles. The SMILES string of the molecule is CC[C@@H](Cl)C(=O)N1CCc2ccccc2C1. The largest absolute Gasteiger partial charge is 0.337 e. The summed E-state index contributed by atoms with van der Waals surface area (Å²) in [5.41, 5.74) is 2.61. The molecule has 1 aromatic rings. The highest BCUT2D eigenvalue weighted by molar-refractivity contribution is 6.30. The van der Waals surface area contributed by atoms with E-state index in [-0.39, 0.29) is 11.3 Å². The van der Waals surface area contributed by atoms with Gasteiger partial charge in [-0.25, -0.2) is 0 Å². The molecule has 1 heterocycles. The topological polar surface area (TPSA) is 20.3 Å². The summed E-state index contributed by atoms with van der Waals surface area (Å²) >= 11 is 5.98. The van der Waals surface area contributed by atoms with Crippen molar-refractivity contribution in [2.24, 2.45) is 0 Å². The predicted octanol–water partition coefficient (Wildman–Crippen LogP) is 2.59. The van der Waals surface area contributed by atoms with Crippen molar-refractivity contribution in [3.8, 4) is 0 Å². The molecule has 0 N–H and O–H groups in total. The summed E-state index contributed by atoms with van der Waals surface area (Å²) in [6.45, 7) is 3.44. The third-order valence-electron chi connectivity index (χ3n) is 3.07. The summed E-state index contributed by atoms with van der Waals surface area (Å²) < 4.78 is 0. The average molecular weight is 238 g/mol. The minimum absolute atomic E-state index is 0.0682. The predicted molar refractivity (Wildman–Crippen MR) is 65.5 cm³/mol. The molecular formula is C13H16ClNO. The van der Waals surface area contributed by atoms with E-state index >= 15 is 0 Å². The Morgan fingerprint density at radius 1 is 1.44 bits per heavy atom. The third-order valence-corrected chi connectivity index (χ3v) is 3.56. The molecule has 0 bridgehead atoms. The number of nitrogens with zero attached hydrogens (tertiary/aromatic N) is 1. The fourth-order valence-corrected chi connectivity index (χ4v) is 2.19. The van der Waals surface area contributed by atoms with Crippen LogP contribution in [0.4, 0.5) is 0 Å². The van der Waals surface area contributed by atoms with Crippen molar-refractivity contribution in [2.75, 3.05) is 6.54 Å². The first-order chi connectivity index (χ1) is 7.72. The van der Waals surface area contributed by atoms with Gasteiger partial charge in [0, 0.05) is 13.1 Å². The van der Waals surface area contributed by atoms with Crippen LogP contribution in [0.1, 0.15) is 24.5 Å². The normalized spacial score (nSPS) is 16.8. The lowest BCUT2D eigenvalue weighted by molar-refractivity contribution is -0.131. The van der Waals surface area contributed by atoms with Crippen molar-refractivity contribution in [2.45, 2.75) is 31.7 Å². The summed E-state index contributed by atoms with van der Waals surface area (Å²) in [5.74, 6) is 0.0682. The molecule has 0 fully saturated rings. The Morgan fingerprint density at radius 2 is 2.12 bits per heavy atom. The Bertz CT molecular complexity index is 391. The van der Waals surface area contributed by atoms with Crippen LogP contribution in [0.15, 0.2) is 24.3 Å². The Balaban J connectivity index is 2.11. The minimum atomic E-state index is -0.370. The van der Waals surface area contributed by atoms with Gasteiger partial charge in [0.25, 0.3) is 0 Å². The molecule has 1 atom stereocenters. The van der Waals surface area contributed by atoms with E-state index in [2.05, 4.69) is 12.1 Å². The molecule has 0 saturated carbocycles. The highest BCUT2D eigenvalue weighted by Crippen LogP contribution is 2.20. The molecule has 86 valence electrons. The van der Waals surface area contributed by atoms with Gasteiger partial charge in [-0.15, -0.1) is 11.6 Å². The summed E-state index contributed by atoms with van der Waals surface area (Å²) in [6.07, 6.45) is 1.63. The van der Waals surface area contributed by atoms with Gasteiger partial charge < -0.3 is 4.90 Å². The first-order valence-corrected chi connectivity index (χ1v) is 6.15. The van der Waals surface area contributed by atoms with Crippen LogP contribution in [0.5, 0.6) is 0 Å². The van der Waals surface area contributed by atoms with E-state index in [9.17, 15) is 4.79 Å². The Morgan fingerprint density at radius 3 is 2.81 bits per heavy atom. The second kappa shape index (κ2) is 4.88. The van der Waals surface area contributed by atoms with Gasteiger partial charge in [-0.3, -0.25) is 4.79 Å². The van der Waals surface area contributed by atoms with Gasteiger partial charge in [0.15, 0.2) is 0 Å². The first-order valence-electron chi connectivity index (χ1n) is 5.72. The van der Waals surface area contributed by atoms with Gasteiger partial charge in [-0.05, 0) is 24.0 Å². The van der Waals surface area contributed by atoms with Gasteiger partial charge in [0.05, 0.1) is 0 Å². The van der Waals surface area contributed by atoms with Crippen LogP contribution < -0.4 is 0 Å².